The predicted octanol–water partition coefficient (Wildman–Crippen LogP) is 0.427. The van der Waals surface area contributed by atoms with Crippen LogP contribution in [0.3, 0.4) is 0 Å². The number of rotatable bonds is 4. The molecule has 0 aromatic rings. The highest BCUT2D eigenvalue weighted by molar-refractivity contribution is 6.35. The van der Waals surface area contributed by atoms with Crippen LogP contribution in [0.2, 0.25) is 0 Å². The fourth-order valence-electron chi connectivity index (χ4n) is 0.710. The van der Waals surface area contributed by atoms with Crippen molar-refractivity contribution >= 4 is 11.8 Å². The van der Waals surface area contributed by atoms with Crippen molar-refractivity contribution in [3.63, 3.8) is 0 Å². The van der Waals surface area contributed by atoms with Gasteiger partial charge in [-0.15, -0.1) is 0 Å². The fourth-order valence-corrected chi connectivity index (χ4v) is 0.710. The van der Waals surface area contributed by atoms with Gasteiger partial charge >= 0.3 is 11.8 Å². The summed E-state index contributed by atoms with van der Waals surface area (Å²) in [6, 6.07) is 0.0554. The molecule has 0 bridgehead atoms. The van der Waals surface area contributed by atoms with Crippen LogP contribution in [0, 0.1) is 0 Å². The van der Waals surface area contributed by atoms with Crippen LogP contribution < -0.4 is 10.6 Å². The van der Waals surface area contributed by atoms with Crippen molar-refractivity contribution in [2.24, 2.45) is 0 Å². The van der Waals surface area contributed by atoms with E-state index in [-0.39, 0.29) is 6.04 Å². The maximum atomic E-state index is 11.1. The van der Waals surface area contributed by atoms with Crippen LogP contribution in [0.4, 0.5) is 0 Å². The van der Waals surface area contributed by atoms with E-state index in [0.29, 0.717) is 6.54 Å². The molecule has 0 heterocycles. The Labute approximate surface area is 79.1 Å². The Kier molecular flexibility index (Phi) is 5.93. The van der Waals surface area contributed by atoms with Gasteiger partial charge in [0.2, 0.25) is 0 Å². The van der Waals surface area contributed by atoms with Crippen LogP contribution in [0.1, 0.15) is 33.6 Å². The zero-order valence-electron chi connectivity index (χ0n) is 8.52. The summed E-state index contributed by atoms with van der Waals surface area (Å²) in [5, 5.41) is 5.10. The largest absolute Gasteiger partial charge is 0.348 e. The molecule has 76 valence electrons. The lowest BCUT2D eigenvalue weighted by Gasteiger charge is -2.10. The number of amides is 2. The topological polar surface area (TPSA) is 58.2 Å². The van der Waals surface area contributed by atoms with Crippen molar-refractivity contribution in [2.45, 2.75) is 39.7 Å². The summed E-state index contributed by atoms with van der Waals surface area (Å²) in [6.07, 6.45) is 1.66. The first-order chi connectivity index (χ1) is 6.11. The molecule has 0 fully saturated rings. The molecule has 0 aliphatic heterocycles. The fraction of sp³-hybridized carbons (Fsp3) is 0.778. The summed E-state index contributed by atoms with van der Waals surface area (Å²) in [6.45, 7) is 6.31. The zero-order chi connectivity index (χ0) is 10.3. The van der Waals surface area contributed by atoms with E-state index in [1.807, 2.05) is 20.8 Å². The maximum absolute atomic E-state index is 11.1. The lowest BCUT2D eigenvalue weighted by Crippen LogP contribution is -2.43. The van der Waals surface area contributed by atoms with E-state index >= 15 is 0 Å². The molecule has 0 unspecified atom stereocenters. The van der Waals surface area contributed by atoms with Gasteiger partial charge in [0.1, 0.15) is 0 Å². The molecule has 0 aromatic carbocycles. The van der Waals surface area contributed by atoms with Gasteiger partial charge in [0.05, 0.1) is 0 Å². The van der Waals surface area contributed by atoms with E-state index in [1.165, 1.54) is 0 Å². The Bertz CT molecular complexity index is 180. The molecule has 0 rings (SSSR count). The van der Waals surface area contributed by atoms with E-state index in [0.717, 1.165) is 12.8 Å². The van der Waals surface area contributed by atoms with Gasteiger partial charge < -0.3 is 10.6 Å². The summed E-state index contributed by atoms with van der Waals surface area (Å²) in [5.74, 6) is -1.08. The van der Waals surface area contributed by atoms with Gasteiger partial charge in [-0.05, 0) is 19.8 Å². The van der Waals surface area contributed by atoms with Crippen LogP contribution in [0.5, 0.6) is 0 Å². The summed E-state index contributed by atoms with van der Waals surface area (Å²) >= 11 is 0. The molecule has 4 heteroatoms. The molecule has 0 radical (unpaired) electrons. The van der Waals surface area contributed by atoms with Crippen LogP contribution >= 0.6 is 0 Å². The molecule has 0 saturated heterocycles. The van der Waals surface area contributed by atoms with Gasteiger partial charge in [0.25, 0.3) is 0 Å². The number of hydrogen-bond acceptors (Lipinski definition) is 2. The number of carbonyl (C=O) groups excluding carboxylic acids is 2. The predicted molar refractivity (Wildman–Crippen MR) is 51.2 cm³/mol. The summed E-state index contributed by atoms with van der Waals surface area (Å²) in [5.41, 5.74) is 0. The lowest BCUT2D eigenvalue weighted by atomic mass is 10.2. The molecule has 2 amide bonds. The summed E-state index contributed by atoms with van der Waals surface area (Å²) in [7, 11) is 0. The Morgan fingerprint density at radius 1 is 1.23 bits per heavy atom. The third kappa shape index (κ3) is 5.22. The molecule has 0 aliphatic rings. The molecule has 0 spiro atoms. The van der Waals surface area contributed by atoms with Crippen LogP contribution in [-0.4, -0.2) is 24.4 Å². The Morgan fingerprint density at radius 3 is 2.31 bits per heavy atom. The highest BCUT2D eigenvalue weighted by Crippen LogP contribution is 1.86. The van der Waals surface area contributed by atoms with Gasteiger partial charge in [-0.25, -0.2) is 0 Å². The van der Waals surface area contributed by atoms with Gasteiger partial charge in [-0.3, -0.25) is 9.59 Å². The van der Waals surface area contributed by atoms with Crippen LogP contribution in [0.25, 0.3) is 0 Å². The Hall–Kier alpha value is -1.06. The average Bonchev–Trinajstić information content (AvgIpc) is 2.13. The second-order valence-corrected chi connectivity index (χ2v) is 3.04. The number of hydrogen-bond donors (Lipinski definition) is 2. The van der Waals surface area contributed by atoms with Gasteiger partial charge in [-0.1, -0.05) is 13.8 Å². The van der Waals surface area contributed by atoms with Crippen molar-refractivity contribution in [1.82, 2.24) is 10.6 Å². The van der Waals surface area contributed by atoms with E-state index < -0.39 is 11.8 Å². The molecule has 2 N–H and O–H groups in total. The van der Waals surface area contributed by atoms with E-state index in [4.69, 9.17) is 0 Å². The molecule has 1 atom stereocenters. The van der Waals surface area contributed by atoms with Crippen molar-refractivity contribution in [1.29, 1.82) is 0 Å². The lowest BCUT2D eigenvalue weighted by molar-refractivity contribution is -0.139. The second-order valence-electron chi connectivity index (χ2n) is 3.04. The molecular weight excluding hydrogens is 168 g/mol. The van der Waals surface area contributed by atoms with Crippen molar-refractivity contribution in [2.75, 3.05) is 6.54 Å². The molecular formula is C9H18N2O2. The standard InChI is InChI=1S/C9H18N2O2/c1-4-6-10-8(12)9(13)11-7(3)5-2/h7H,4-6H2,1-3H3,(H,10,12)(H,11,13)/t7-/m1/s1. The number of nitrogens with one attached hydrogen (secondary N) is 2. The maximum Gasteiger partial charge on any atom is 0.309 e. The zero-order valence-corrected chi connectivity index (χ0v) is 8.52. The molecule has 0 saturated carbocycles. The van der Waals surface area contributed by atoms with Gasteiger partial charge in [0.15, 0.2) is 0 Å². The summed E-state index contributed by atoms with van der Waals surface area (Å²) < 4.78 is 0. The van der Waals surface area contributed by atoms with Crippen LogP contribution in [0.15, 0.2) is 0 Å². The minimum atomic E-state index is -0.540. The molecule has 13 heavy (non-hydrogen) atoms. The highest BCUT2D eigenvalue weighted by Gasteiger charge is 2.13. The average molecular weight is 186 g/mol. The minimum absolute atomic E-state index is 0.0554. The quantitative estimate of drug-likeness (QED) is 0.625. The second kappa shape index (κ2) is 6.46. The molecule has 4 nitrogen and oxygen atoms in total. The third-order valence-electron chi connectivity index (χ3n) is 1.73. The molecule has 0 aliphatic carbocycles. The summed E-state index contributed by atoms with van der Waals surface area (Å²) in [4.78, 5) is 22.1. The minimum Gasteiger partial charge on any atom is -0.348 e. The first-order valence-corrected chi connectivity index (χ1v) is 4.70. The monoisotopic (exact) mass is 186 g/mol. The van der Waals surface area contributed by atoms with Crippen LogP contribution in [-0.2, 0) is 9.59 Å². The highest BCUT2D eigenvalue weighted by atomic mass is 16.2. The van der Waals surface area contributed by atoms with Gasteiger partial charge in [-0.2, -0.15) is 0 Å². The van der Waals surface area contributed by atoms with E-state index in [2.05, 4.69) is 10.6 Å². The normalized spacial score (nSPS) is 11.9. The first-order valence-electron chi connectivity index (χ1n) is 4.70. The Morgan fingerprint density at radius 2 is 1.85 bits per heavy atom. The Balaban J connectivity index is 3.76. The smallest absolute Gasteiger partial charge is 0.309 e. The third-order valence-corrected chi connectivity index (χ3v) is 1.73. The first kappa shape index (κ1) is 11.9. The van der Waals surface area contributed by atoms with Crippen molar-refractivity contribution in [3.8, 4) is 0 Å². The van der Waals surface area contributed by atoms with Crippen molar-refractivity contribution < 1.29 is 9.59 Å². The van der Waals surface area contributed by atoms with E-state index in [9.17, 15) is 9.59 Å². The SMILES string of the molecule is CCCNC(=O)C(=O)N[C@H](C)CC. The number of carbonyl (C=O) groups is 2. The van der Waals surface area contributed by atoms with Crippen molar-refractivity contribution in [3.05, 3.63) is 0 Å². The van der Waals surface area contributed by atoms with E-state index in [1.54, 1.807) is 0 Å². The van der Waals surface area contributed by atoms with Gasteiger partial charge in [0, 0.05) is 12.6 Å². The molecule has 0 aromatic heterocycles.